The molecule has 0 spiro atoms. The molecule has 0 radical (unpaired) electrons. The zero-order valence-electron chi connectivity index (χ0n) is 11.8. The Kier molecular flexibility index (Phi) is 73.3. The van der Waals surface area contributed by atoms with E-state index < -0.39 is 0 Å². The molecule has 0 aliphatic heterocycles. The van der Waals surface area contributed by atoms with Crippen molar-refractivity contribution in [1.82, 2.24) is 0 Å². The molecule has 0 fully saturated rings. The normalized spacial score (nSPS) is 5.76. The number of rotatable bonds is 0. The van der Waals surface area contributed by atoms with Gasteiger partial charge in [-0.05, 0) is 0 Å². The maximum absolute atomic E-state index is 4.66. The van der Waals surface area contributed by atoms with E-state index in [0.29, 0.717) is 0 Å². The molecule has 0 heterocycles. The molecule has 19 heteroatoms. The molecular weight excluding hydrogens is 785 g/mol. The van der Waals surface area contributed by atoms with Crippen LogP contribution in [0.15, 0.2) is 0 Å². The Balaban J connectivity index is -0.0000000309. The van der Waals surface area contributed by atoms with Crippen molar-refractivity contribution in [1.29, 1.82) is 0 Å². The fraction of sp³-hybridized carbons (Fsp3) is 0. The molecule has 0 aliphatic carbocycles. The maximum Gasteiger partial charge on any atom is 0 e. The average Bonchev–Trinajstić information content (AvgIpc) is 2.08. The Labute approximate surface area is 235 Å². The predicted octanol–water partition coefficient (Wildman–Crippen LogP) is -1.34. The summed E-state index contributed by atoms with van der Waals surface area (Å²) in [6.07, 6.45) is 0. The third kappa shape index (κ3) is 5290. The number of hydrogen-bond donors (Lipinski definition) is 6. The molecule has 0 rings (SSSR count). The summed E-state index contributed by atoms with van der Waals surface area (Å²) in [5, 5.41) is 0. The van der Waals surface area contributed by atoms with Crippen LogP contribution in [0, 0.1) is 29.2 Å². The molecule has 0 saturated heterocycles. The zero-order chi connectivity index (χ0) is 21.5. The van der Waals surface area contributed by atoms with Crippen LogP contribution in [0.4, 0.5) is 0 Å². The van der Waals surface area contributed by atoms with Gasteiger partial charge >= 0.3 is 0 Å². The first kappa shape index (κ1) is 45.4. The smallest absolute Gasteiger partial charge is 0 e. The van der Waals surface area contributed by atoms with Gasteiger partial charge in [-0.1, -0.05) is 25.9 Å². The molecule has 0 saturated carbocycles. The molecule has 0 aromatic carbocycles. The summed E-state index contributed by atoms with van der Waals surface area (Å²) >= 11 is 49.6. The summed E-state index contributed by atoms with van der Waals surface area (Å²) in [6, 6.07) is 0. The van der Waals surface area contributed by atoms with Gasteiger partial charge in [-0.3, -0.25) is 0 Å². The molecule has 12 N–H and O–H groups in total. The van der Waals surface area contributed by atoms with E-state index in [-0.39, 0.29) is 55.1 Å². The monoisotopic (exact) mass is 790 g/mol. The van der Waals surface area contributed by atoms with E-state index in [1.54, 1.807) is 0 Å². The van der Waals surface area contributed by atoms with Crippen molar-refractivity contribution in [2.75, 3.05) is 0 Å². The molecule has 6 nitrogen and oxygen atoms in total. The van der Waals surface area contributed by atoms with Crippen molar-refractivity contribution in [2.45, 2.75) is 0 Å². The van der Waals surface area contributed by atoms with Crippen LogP contribution in [0.5, 0.6) is 0 Å². The first-order valence-corrected chi connectivity index (χ1v) is 9.08. The molecule has 0 amide bonds. The number of nitrogens with two attached hydrogens (primary N) is 6. The van der Waals surface area contributed by atoms with Crippen LogP contribution in [-0.4, -0.2) is 25.9 Å². The van der Waals surface area contributed by atoms with Crippen molar-refractivity contribution in [3.63, 3.8) is 0 Å². The van der Waals surface area contributed by atoms with Crippen LogP contribution in [0.2, 0.25) is 0 Å². The molecule has 150 valence electrons. The Morgan fingerprint density at radius 1 is 0.360 bits per heavy atom. The van der Waals surface area contributed by atoms with Crippen LogP contribution in [0.3, 0.4) is 0 Å². The van der Waals surface area contributed by atoms with Gasteiger partial charge in [0.1, 0.15) is 0 Å². The first-order valence-electron chi connectivity index (χ1n) is 4.18. The van der Waals surface area contributed by atoms with Gasteiger partial charge in [-0.15, -0.1) is 0 Å². The van der Waals surface area contributed by atoms with Gasteiger partial charge in [-0.2, -0.15) is 0 Å². The van der Waals surface area contributed by atoms with E-state index >= 15 is 0 Å². The van der Waals surface area contributed by atoms with E-state index in [4.69, 9.17) is 0 Å². The maximum atomic E-state index is 4.66. The zero-order valence-corrected chi connectivity index (χ0v) is 25.0. The summed E-state index contributed by atoms with van der Waals surface area (Å²) in [6.45, 7) is 0. The fourth-order valence-corrected chi connectivity index (χ4v) is 0. The molecule has 0 aromatic heterocycles. The van der Waals surface area contributed by atoms with Crippen molar-refractivity contribution < 1.29 is 29.2 Å². The van der Waals surface area contributed by atoms with Gasteiger partial charge in [0.2, 0.25) is 0 Å². The molecule has 0 atom stereocenters. The summed E-state index contributed by atoms with van der Waals surface area (Å²) in [5.74, 6) is 0. The van der Waals surface area contributed by atoms with E-state index in [1.807, 2.05) is 0 Å². The predicted molar refractivity (Wildman–Crippen MR) is 145 cm³/mol. The minimum Gasteiger partial charge on any atom is -0.415 e. The third-order valence-electron chi connectivity index (χ3n) is 0. The topological polar surface area (TPSA) is 156 Å². The van der Waals surface area contributed by atoms with E-state index in [1.165, 1.54) is 0 Å². The Hall–Kier alpha value is 1.65. The minimum absolute atomic E-state index is 0. The second-order valence-electron chi connectivity index (χ2n) is 1.91. The van der Waals surface area contributed by atoms with Crippen LogP contribution in [0.1, 0.15) is 0 Å². The Bertz CT molecular complexity index is 273. The van der Waals surface area contributed by atoms with Crippen molar-refractivity contribution in [2.24, 2.45) is 34.4 Å². The number of hydrogen-bond acceptors (Lipinski definition) is 12. The standard InChI is InChI=1S/6CH3NS2.Pu/c6*2-1(3)4;/h6*(H3,2,3,4);/p-6. The minimum atomic E-state index is 0. The van der Waals surface area contributed by atoms with Gasteiger partial charge in [0, 0.05) is 29.2 Å². The summed E-state index contributed by atoms with van der Waals surface area (Å²) in [5.41, 5.74) is 27.9. The summed E-state index contributed by atoms with van der Waals surface area (Å²) < 4.78 is 0.500. The SMILES string of the molecule is NC(=S)[S-].NC(=S)[S-].NC(=S)[S-].NC(=S)[S-].NC(=S)[S-].NC(=S)[S-].[Pu]. The third-order valence-corrected chi connectivity index (χ3v) is 0. The van der Waals surface area contributed by atoms with Crippen molar-refractivity contribution in [3.05, 3.63) is 0 Å². The molecular formula is C6H12N6PuS12-6. The first-order chi connectivity index (χ1) is 10.4. The largest absolute Gasteiger partial charge is 0.415 e. The van der Waals surface area contributed by atoms with Crippen LogP contribution < -0.4 is 34.4 Å². The van der Waals surface area contributed by atoms with Gasteiger partial charge in [-0.25, -0.2) is 0 Å². The van der Waals surface area contributed by atoms with Gasteiger partial charge < -0.3 is 183 Å². The van der Waals surface area contributed by atoms with Gasteiger partial charge in [0.25, 0.3) is 0 Å². The second kappa shape index (κ2) is 40.4. The summed E-state index contributed by atoms with van der Waals surface area (Å²) in [4.78, 5) is 0. The van der Waals surface area contributed by atoms with Crippen LogP contribution >= 0.6 is 73.3 Å². The molecule has 0 unspecified atom stereocenters. The van der Waals surface area contributed by atoms with Crippen LogP contribution in [0.25, 0.3) is 0 Å². The Morgan fingerprint density at radius 3 is 0.360 bits per heavy atom. The van der Waals surface area contributed by atoms with E-state index in [0.717, 1.165) is 0 Å². The molecule has 25 heavy (non-hydrogen) atoms. The molecule has 0 bridgehead atoms. The van der Waals surface area contributed by atoms with Crippen molar-refractivity contribution in [3.8, 4) is 0 Å². The molecule has 0 aliphatic rings. The quantitative estimate of drug-likeness (QED) is 0.127. The molecule has 0 aromatic rings. The van der Waals surface area contributed by atoms with E-state index in [2.05, 4.69) is 183 Å². The average molecular weight is 797 g/mol. The number of thiocarbonyl (C=S) groups is 6. The second-order valence-corrected chi connectivity index (χ2v) is 8.74. The van der Waals surface area contributed by atoms with Crippen LogP contribution in [-0.2, 0) is 75.8 Å². The van der Waals surface area contributed by atoms with Gasteiger partial charge in [0.05, 0.1) is 0 Å². The Morgan fingerprint density at radius 2 is 0.360 bits per heavy atom. The van der Waals surface area contributed by atoms with Crippen molar-refractivity contribution >= 4 is 175 Å². The fourth-order valence-electron chi connectivity index (χ4n) is 0. The summed E-state index contributed by atoms with van der Waals surface area (Å²) in [7, 11) is 0. The van der Waals surface area contributed by atoms with Gasteiger partial charge in [0.15, 0.2) is 0 Å². The van der Waals surface area contributed by atoms with E-state index in [9.17, 15) is 0 Å².